The summed E-state index contributed by atoms with van der Waals surface area (Å²) in [6, 6.07) is 10.3. The third-order valence-corrected chi connectivity index (χ3v) is 6.15. The van der Waals surface area contributed by atoms with E-state index in [-0.39, 0.29) is 11.0 Å². The van der Waals surface area contributed by atoms with E-state index >= 15 is 0 Å². The number of ether oxygens (including phenoxy) is 1. The highest BCUT2D eigenvalue weighted by atomic mass is 32.2. The quantitative estimate of drug-likeness (QED) is 0.800. The van der Waals surface area contributed by atoms with E-state index in [1.54, 1.807) is 19.2 Å². The molecule has 1 saturated heterocycles. The summed E-state index contributed by atoms with van der Waals surface area (Å²) >= 11 is 0. The number of nitrogens with one attached hydrogen (secondary N) is 1. The van der Waals surface area contributed by atoms with Crippen LogP contribution in [0.25, 0.3) is 0 Å². The van der Waals surface area contributed by atoms with Crippen LogP contribution in [0.1, 0.15) is 18.4 Å². The monoisotopic (exact) mass is 414 g/mol. The lowest BCUT2D eigenvalue weighted by Crippen LogP contribution is -2.36. The first-order valence-corrected chi connectivity index (χ1v) is 10.3. The number of methoxy groups -OCH3 is 1. The van der Waals surface area contributed by atoms with Gasteiger partial charge in [0, 0.05) is 31.6 Å². The molecular formula is C19H21F3N2O3S. The highest BCUT2D eigenvalue weighted by molar-refractivity contribution is 7.92. The Kier molecular flexibility index (Phi) is 5.85. The topological polar surface area (TPSA) is 58.6 Å². The van der Waals surface area contributed by atoms with Crippen LogP contribution < -0.4 is 9.62 Å². The fraction of sp³-hybridized carbons (Fsp3) is 0.368. The number of alkyl halides is 3. The molecule has 0 aromatic heterocycles. The molecule has 3 rings (SSSR count). The average Bonchev–Trinajstić information content (AvgIpc) is 2.68. The molecule has 1 N–H and O–H groups in total. The van der Waals surface area contributed by atoms with Crippen molar-refractivity contribution in [1.29, 1.82) is 0 Å². The Hall–Kier alpha value is -2.26. The zero-order valence-corrected chi connectivity index (χ0v) is 16.1. The highest BCUT2D eigenvalue weighted by Crippen LogP contribution is 2.30. The maximum atomic E-state index is 12.6. The normalized spacial score (nSPS) is 16.2. The van der Waals surface area contributed by atoms with Crippen LogP contribution >= 0.6 is 0 Å². The van der Waals surface area contributed by atoms with Crippen molar-refractivity contribution in [3.05, 3.63) is 54.1 Å². The fourth-order valence-corrected chi connectivity index (χ4v) is 4.19. The number of sulfonamides is 1. The lowest BCUT2D eigenvalue weighted by atomic mass is 10.1. The molecule has 0 unspecified atom stereocenters. The van der Waals surface area contributed by atoms with Crippen molar-refractivity contribution in [2.24, 2.45) is 0 Å². The Morgan fingerprint density at radius 3 is 2.07 bits per heavy atom. The summed E-state index contributed by atoms with van der Waals surface area (Å²) in [5.41, 5.74) is 0.426. The molecule has 0 saturated carbocycles. The maximum Gasteiger partial charge on any atom is 0.416 e. The summed E-state index contributed by atoms with van der Waals surface area (Å²) in [6.45, 7) is 1.71. The van der Waals surface area contributed by atoms with Crippen molar-refractivity contribution in [2.45, 2.75) is 30.0 Å². The predicted molar refractivity (Wildman–Crippen MR) is 101 cm³/mol. The zero-order valence-electron chi connectivity index (χ0n) is 15.2. The van der Waals surface area contributed by atoms with Gasteiger partial charge in [0.1, 0.15) is 0 Å². The third kappa shape index (κ3) is 4.77. The minimum atomic E-state index is -4.51. The molecule has 1 heterocycles. The smallest absolute Gasteiger partial charge is 0.381 e. The molecule has 0 spiro atoms. The SMILES string of the molecule is COC1CCN(c2ccc(NS(=O)(=O)c3ccc(C(F)(F)F)cc3)cc2)CC1. The van der Waals surface area contributed by atoms with Crippen molar-refractivity contribution in [3.63, 3.8) is 0 Å². The number of hydrogen-bond acceptors (Lipinski definition) is 4. The van der Waals surface area contributed by atoms with E-state index in [4.69, 9.17) is 4.74 Å². The van der Waals surface area contributed by atoms with Crippen molar-refractivity contribution in [2.75, 3.05) is 29.8 Å². The van der Waals surface area contributed by atoms with Gasteiger partial charge in [0.05, 0.1) is 16.6 Å². The molecule has 2 aromatic rings. The van der Waals surface area contributed by atoms with Crippen LogP contribution in [0.15, 0.2) is 53.4 Å². The molecule has 0 amide bonds. The molecule has 1 aliphatic rings. The number of piperidine rings is 1. The number of halogens is 3. The van der Waals surface area contributed by atoms with Crippen LogP contribution in [-0.2, 0) is 20.9 Å². The van der Waals surface area contributed by atoms with Crippen molar-refractivity contribution in [3.8, 4) is 0 Å². The van der Waals surface area contributed by atoms with Crippen LogP contribution in [-0.4, -0.2) is 34.7 Å². The maximum absolute atomic E-state index is 12.6. The van der Waals surface area contributed by atoms with Gasteiger partial charge in [0.15, 0.2) is 0 Å². The first-order valence-electron chi connectivity index (χ1n) is 8.77. The van der Waals surface area contributed by atoms with Gasteiger partial charge < -0.3 is 9.64 Å². The average molecular weight is 414 g/mol. The molecule has 0 atom stereocenters. The van der Waals surface area contributed by atoms with Crippen LogP contribution in [0.5, 0.6) is 0 Å². The van der Waals surface area contributed by atoms with Crippen LogP contribution in [0.2, 0.25) is 0 Å². The summed E-state index contributed by atoms with van der Waals surface area (Å²) in [4.78, 5) is 1.97. The number of hydrogen-bond donors (Lipinski definition) is 1. The summed E-state index contributed by atoms with van der Waals surface area (Å²) in [5, 5.41) is 0. The van der Waals surface area contributed by atoms with Gasteiger partial charge in [-0.3, -0.25) is 4.72 Å². The van der Waals surface area contributed by atoms with Gasteiger partial charge in [-0.15, -0.1) is 0 Å². The second-order valence-corrected chi connectivity index (χ2v) is 8.28. The molecule has 0 radical (unpaired) electrons. The van der Waals surface area contributed by atoms with E-state index < -0.39 is 21.8 Å². The number of nitrogens with zero attached hydrogens (tertiary/aromatic N) is 1. The van der Waals surface area contributed by atoms with Gasteiger partial charge in [-0.1, -0.05) is 0 Å². The Labute approximate surface area is 162 Å². The lowest BCUT2D eigenvalue weighted by Gasteiger charge is -2.33. The fourth-order valence-electron chi connectivity index (χ4n) is 3.13. The number of benzene rings is 2. The first kappa shape index (κ1) is 20.5. The van der Waals surface area contributed by atoms with Crippen LogP contribution in [0.3, 0.4) is 0 Å². The Balaban J connectivity index is 1.67. The minimum absolute atomic E-state index is 0.230. The lowest BCUT2D eigenvalue weighted by molar-refractivity contribution is -0.137. The minimum Gasteiger partial charge on any atom is -0.381 e. The van der Waals surface area contributed by atoms with Gasteiger partial charge in [-0.25, -0.2) is 8.42 Å². The van der Waals surface area contributed by atoms with E-state index in [0.29, 0.717) is 5.69 Å². The van der Waals surface area contributed by atoms with Crippen molar-refractivity contribution < 1.29 is 26.3 Å². The van der Waals surface area contributed by atoms with Crippen molar-refractivity contribution in [1.82, 2.24) is 0 Å². The largest absolute Gasteiger partial charge is 0.416 e. The van der Waals surface area contributed by atoms with Gasteiger partial charge in [0.2, 0.25) is 0 Å². The van der Waals surface area contributed by atoms with Gasteiger partial charge in [-0.2, -0.15) is 13.2 Å². The number of rotatable bonds is 5. The van der Waals surface area contributed by atoms with Gasteiger partial charge in [0.25, 0.3) is 10.0 Å². The molecule has 0 aliphatic carbocycles. The molecule has 9 heteroatoms. The molecule has 2 aromatic carbocycles. The molecule has 1 aliphatic heterocycles. The van der Waals surface area contributed by atoms with E-state index in [1.165, 1.54) is 0 Å². The predicted octanol–water partition coefficient (Wildman–Crippen LogP) is 4.12. The second kappa shape index (κ2) is 8.00. The van der Waals surface area contributed by atoms with E-state index in [0.717, 1.165) is 55.9 Å². The molecule has 152 valence electrons. The second-order valence-electron chi connectivity index (χ2n) is 6.60. The molecule has 0 bridgehead atoms. The Bertz CT molecular complexity index is 890. The summed E-state index contributed by atoms with van der Waals surface area (Å²) in [6.07, 6.45) is -2.38. The van der Waals surface area contributed by atoms with E-state index in [2.05, 4.69) is 9.62 Å². The summed E-state index contributed by atoms with van der Waals surface area (Å²) in [5.74, 6) is 0. The molecule has 5 nitrogen and oxygen atoms in total. The molecule has 1 fully saturated rings. The Morgan fingerprint density at radius 2 is 1.57 bits per heavy atom. The summed E-state index contributed by atoms with van der Waals surface area (Å²) in [7, 11) is -2.27. The third-order valence-electron chi connectivity index (χ3n) is 4.75. The van der Waals surface area contributed by atoms with E-state index in [9.17, 15) is 21.6 Å². The van der Waals surface area contributed by atoms with Gasteiger partial charge >= 0.3 is 6.18 Å². The zero-order chi connectivity index (χ0) is 20.4. The summed E-state index contributed by atoms with van der Waals surface area (Å²) < 4.78 is 70.4. The van der Waals surface area contributed by atoms with Crippen LogP contribution in [0.4, 0.5) is 24.5 Å². The van der Waals surface area contributed by atoms with E-state index in [1.807, 2.05) is 12.1 Å². The first-order chi connectivity index (χ1) is 13.2. The van der Waals surface area contributed by atoms with Crippen LogP contribution in [0, 0.1) is 0 Å². The molecule has 28 heavy (non-hydrogen) atoms. The highest BCUT2D eigenvalue weighted by Gasteiger charge is 2.30. The Morgan fingerprint density at radius 1 is 1.00 bits per heavy atom. The van der Waals surface area contributed by atoms with Crippen molar-refractivity contribution >= 4 is 21.4 Å². The van der Waals surface area contributed by atoms with Gasteiger partial charge in [-0.05, 0) is 61.4 Å². The molecular weight excluding hydrogens is 393 g/mol. The standard InChI is InChI=1S/C19H21F3N2O3S/c1-27-17-10-12-24(13-11-17)16-6-4-15(5-7-16)23-28(25,26)18-8-2-14(3-9-18)19(20,21)22/h2-9,17,23H,10-13H2,1H3. The number of anilines is 2.